The number of aromatic nitrogens is 4. The average Bonchev–Trinajstić information content (AvgIpc) is 2.82. The molecular formula is C11H12BrCl2N5. The van der Waals surface area contributed by atoms with Gasteiger partial charge in [-0.1, -0.05) is 37.0 Å². The number of hydrogen-bond donors (Lipinski definition) is 1. The van der Waals surface area contributed by atoms with E-state index in [9.17, 15) is 0 Å². The molecule has 0 fully saturated rings. The highest BCUT2D eigenvalue weighted by atomic mass is 79.9. The minimum atomic E-state index is 0.342. The van der Waals surface area contributed by atoms with E-state index in [0.717, 1.165) is 4.47 Å². The van der Waals surface area contributed by atoms with Crippen LogP contribution >= 0.6 is 39.1 Å². The van der Waals surface area contributed by atoms with Gasteiger partial charge in [-0.25, -0.2) is 0 Å². The molecule has 8 heteroatoms. The molecule has 0 radical (unpaired) electrons. The van der Waals surface area contributed by atoms with Crippen LogP contribution in [0.3, 0.4) is 0 Å². The Morgan fingerprint density at radius 1 is 1.32 bits per heavy atom. The van der Waals surface area contributed by atoms with Crippen LogP contribution in [0.15, 0.2) is 16.6 Å². The molecule has 2 aromatic rings. The molecule has 0 aliphatic heterocycles. The van der Waals surface area contributed by atoms with E-state index in [1.54, 1.807) is 4.68 Å². The van der Waals surface area contributed by atoms with E-state index >= 15 is 0 Å². The Morgan fingerprint density at radius 3 is 2.74 bits per heavy atom. The Bertz CT molecular complexity index is 584. The van der Waals surface area contributed by atoms with Gasteiger partial charge < -0.3 is 5.32 Å². The molecule has 1 aromatic heterocycles. The Morgan fingerprint density at radius 2 is 2.05 bits per heavy atom. The molecule has 1 heterocycles. The lowest BCUT2D eigenvalue weighted by Crippen LogP contribution is -2.24. The summed E-state index contributed by atoms with van der Waals surface area (Å²) in [7, 11) is 0. The van der Waals surface area contributed by atoms with Gasteiger partial charge >= 0.3 is 0 Å². The lowest BCUT2D eigenvalue weighted by atomic mass is 10.3. The smallest absolute Gasteiger partial charge is 0.170 e. The van der Waals surface area contributed by atoms with Crippen LogP contribution in [0.2, 0.25) is 10.0 Å². The molecule has 0 aliphatic carbocycles. The van der Waals surface area contributed by atoms with Gasteiger partial charge in [0.1, 0.15) is 0 Å². The largest absolute Gasteiger partial charge is 0.308 e. The predicted molar refractivity (Wildman–Crippen MR) is 78.8 cm³/mol. The van der Waals surface area contributed by atoms with E-state index in [2.05, 4.69) is 50.6 Å². The van der Waals surface area contributed by atoms with Crippen molar-refractivity contribution in [3.05, 3.63) is 32.5 Å². The molecule has 0 spiro atoms. The van der Waals surface area contributed by atoms with Crippen LogP contribution in [0.25, 0.3) is 5.69 Å². The fourth-order valence-electron chi connectivity index (χ4n) is 1.48. The Kier molecular flexibility index (Phi) is 4.78. The summed E-state index contributed by atoms with van der Waals surface area (Å²) in [4.78, 5) is 0. The number of nitrogens with zero attached hydrogens (tertiary/aromatic N) is 4. The second-order valence-electron chi connectivity index (χ2n) is 4.24. The fourth-order valence-corrected chi connectivity index (χ4v) is 2.33. The first-order chi connectivity index (χ1) is 9.00. The van der Waals surface area contributed by atoms with Crippen molar-refractivity contribution in [2.75, 3.05) is 0 Å². The van der Waals surface area contributed by atoms with Crippen LogP contribution in [0, 0.1) is 0 Å². The molecule has 0 saturated heterocycles. The summed E-state index contributed by atoms with van der Waals surface area (Å²) in [5.41, 5.74) is 0.653. The zero-order chi connectivity index (χ0) is 14.0. The van der Waals surface area contributed by atoms with Crippen molar-refractivity contribution >= 4 is 39.1 Å². The van der Waals surface area contributed by atoms with Crippen LogP contribution in [0.5, 0.6) is 0 Å². The molecule has 102 valence electrons. The quantitative estimate of drug-likeness (QED) is 0.846. The van der Waals surface area contributed by atoms with Crippen LogP contribution in [0.4, 0.5) is 0 Å². The van der Waals surface area contributed by atoms with E-state index in [1.165, 1.54) is 0 Å². The monoisotopic (exact) mass is 363 g/mol. The molecule has 0 aliphatic rings. The molecule has 1 aromatic carbocycles. The highest BCUT2D eigenvalue weighted by molar-refractivity contribution is 9.10. The molecule has 0 amide bonds. The molecule has 2 rings (SSSR count). The van der Waals surface area contributed by atoms with Gasteiger partial charge in [0.05, 0.1) is 22.3 Å². The van der Waals surface area contributed by atoms with Gasteiger partial charge in [-0.3, -0.25) is 0 Å². The topological polar surface area (TPSA) is 55.6 Å². The standard InChI is InChI=1S/C11H12BrCl2N5/c1-6(2)15-5-9-16-17-18-19(9)8-4-3-7(12)10(13)11(8)14/h3-4,6,15H,5H2,1-2H3. The third-order valence-electron chi connectivity index (χ3n) is 2.45. The first kappa shape index (κ1) is 14.7. The first-order valence-electron chi connectivity index (χ1n) is 5.65. The zero-order valence-electron chi connectivity index (χ0n) is 10.4. The van der Waals surface area contributed by atoms with Crippen molar-refractivity contribution in [3.63, 3.8) is 0 Å². The average molecular weight is 365 g/mol. The summed E-state index contributed by atoms with van der Waals surface area (Å²) in [6, 6.07) is 3.97. The van der Waals surface area contributed by atoms with E-state index < -0.39 is 0 Å². The van der Waals surface area contributed by atoms with Gasteiger partial charge in [0, 0.05) is 10.5 Å². The van der Waals surface area contributed by atoms with Gasteiger partial charge in [0.2, 0.25) is 0 Å². The van der Waals surface area contributed by atoms with E-state index in [1.807, 2.05) is 12.1 Å². The summed E-state index contributed by atoms with van der Waals surface area (Å²) in [5.74, 6) is 0.675. The number of rotatable bonds is 4. The van der Waals surface area contributed by atoms with Crippen LogP contribution < -0.4 is 5.32 Å². The summed E-state index contributed by atoms with van der Waals surface area (Å²) >= 11 is 15.7. The lowest BCUT2D eigenvalue weighted by molar-refractivity contribution is 0.563. The Balaban J connectivity index is 2.37. The number of hydrogen-bond acceptors (Lipinski definition) is 4. The van der Waals surface area contributed by atoms with Gasteiger partial charge in [0.15, 0.2) is 5.82 Å². The highest BCUT2D eigenvalue weighted by Gasteiger charge is 2.15. The van der Waals surface area contributed by atoms with Crippen molar-refractivity contribution < 1.29 is 0 Å². The van der Waals surface area contributed by atoms with E-state index in [0.29, 0.717) is 34.1 Å². The van der Waals surface area contributed by atoms with E-state index in [-0.39, 0.29) is 0 Å². The Labute approximate surface area is 129 Å². The van der Waals surface area contributed by atoms with Crippen molar-refractivity contribution in [1.29, 1.82) is 0 Å². The van der Waals surface area contributed by atoms with Crippen molar-refractivity contribution in [1.82, 2.24) is 25.5 Å². The van der Waals surface area contributed by atoms with Gasteiger partial charge in [-0.05, 0) is 38.5 Å². The molecule has 0 atom stereocenters. The summed E-state index contributed by atoms with van der Waals surface area (Å²) in [5, 5.41) is 15.7. The van der Waals surface area contributed by atoms with Crippen LogP contribution in [0.1, 0.15) is 19.7 Å². The molecule has 0 saturated carbocycles. The third-order valence-corrected chi connectivity index (χ3v) is 4.21. The minimum Gasteiger partial charge on any atom is -0.308 e. The number of halogens is 3. The fraction of sp³-hybridized carbons (Fsp3) is 0.364. The summed E-state index contributed by atoms with van der Waals surface area (Å²) in [6.07, 6.45) is 0. The Hall–Kier alpha value is -0.690. The second-order valence-corrected chi connectivity index (χ2v) is 5.85. The summed E-state index contributed by atoms with van der Waals surface area (Å²) < 4.78 is 2.31. The van der Waals surface area contributed by atoms with Crippen molar-refractivity contribution in [2.45, 2.75) is 26.4 Å². The maximum Gasteiger partial charge on any atom is 0.170 e. The maximum absolute atomic E-state index is 6.23. The molecule has 5 nitrogen and oxygen atoms in total. The normalized spacial score (nSPS) is 11.3. The van der Waals surface area contributed by atoms with Gasteiger partial charge in [-0.15, -0.1) is 5.10 Å². The second kappa shape index (κ2) is 6.17. The number of tetrazole rings is 1. The van der Waals surface area contributed by atoms with Crippen LogP contribution in [-0.4, -0.2) is 26.2 Å². The highest BCUT2D eigenvalue weighted by Crippen LogP contribution is 2.34. The molecular weight excluding hydrogens is 353 g/mol. The molecule has 19 heavy (non-hydrogen) atoms. The predicted octanol–water partition coefficient (Wildman–Crippen LogP) is 3.23. The minimum absolute atomic E-state index is 0.342. The summed E-state index contributed by atoms with van der Waals surface area (Å²) in [6.45, 7) is 4.66. The van der Waals surface area contributed by atoms with Gasteiger partial charge in [-0.2, -0.15) is 4.68 Å². The van der Waals surface area contributed by atoms with Crippen molar-refractivity contribution in [2.24, 2.45) is 0 Å². The van der Waals surface area contributed by atoms with Crippen molar-refractivity contribution in [3.8, 4) is 5.69 Å². The SMILES string of the molecule is CC(C)NCc1nnnn1-c1ccc(Br)c(Cl)c1Cl. The molecule has 0 bridgehead atoms. The zero-order valence-corrected chi connectivity index (χ0v) is 13.5. The van der Waals surface area contributed by atoms with Gasteiger partial charge in [0.25, 0.3) is 0 Å². The third kappa shape index (κ3) is 3.25. The lowest BCUT2D eigenvalue weighted by Gasteiger charge is -2.10. The molecule has 1 N–H and O–H groups in total. The first-order valence-corrected chi connectivity index (χ1v) is 7.20. The number of benzene rings is 1. The number of nitrogens with one attached hydrogen (secondary N) is 1. The van der Waals surface area contributed by atoms with Crippen LogP contribution in [-0.2, 0) is 6.54 Å². The molecule has 0 unspecified atom stereocenters. The maximum atomic E-state index is 6.23. The van der Waals surface area contributed by atoms with E-state index in [4.69, 9.17) is 23.2 Å².